The number of aryl methyl sites for hydroxylation is 2. The first kappa shape index (κ1) is 16.2. The number of nitrogens with zero attached hydrogens (tertiary/aromatic N) is 2. The summed E-state index contributed by atoms with van der Waals surface area (Å²) in [5.41, 5.74) is 1.85. The van der Waals surface area contributed by atoms with Crippen molar-refractivity contribution in [3.05, 3.63) is 17.5 Å². The van der Waals surface area contributed by atoms with Crippen molar-refractivity contribution < 1.29 is 19.4 Å². The monoisotopic (exact) mass is 283 g/mol. The van der Waals surface area contributed by atoms with Gasteiger partial charge in [0.1, 0.15) is 0 Å². The molecule has 1 aromatic heterocycles. The van der Waals surface area contributed by atoms with Crippen LogP contribution in [0.4, 0.5) is 0 Å². The lowest BCUT2D eigenvalue weighted by Gasteiger charge is -2.17. The van der Waals surface area contributed by atoms with Crippen LogP contribution in [0.15, 0.2) is 6.07 Å². The van der Waals surface area contributed by atoms with Crippen LogP contribution in [0.25, 0.3) is 0 Å². The Morgan fingerprint density at radius 1 is 1.50 bits per heavy atom. The van der Waals surface area contributed by atoms with Gasteiger partial charge in [0, 0.05) is 19.2 Å². The van der Waals surface area contributed by atoms with E-state index in [1.165, 1.54) is 7.11 Å². The van der Waals surface area contributed by atoms with Gasteiger partial charge in [0.2, 0.25) is 5.91 Å². The molecule has 7 nitrogen and oxygen atoms in total. The van der Waals surface area contributed by atoms with Gasteiger partial charge in [-0.3, -0.25) is 9.48 Å². The standard InChI is InChI=1S/C13H21N3O4/c1-8-5-9(2)16(15-8)10(3)6-12(17)14-11(7-20-4)13(18)19/h5,10-11H,6-7H2,1-4H3,(H,14,17)(H,18,19). The van der Waals surface area contributed by atoms with E-state index in [0.29, 0.717) is 0 Å². The van der Waals surface area contributed by atoms with E-state index in [0.717, 1.165) is 11.4 Å². The van der Waals surface area contributed by atoms with Crippen molar-refractivity contribution >= 4 is 11.9 Å². The zero-order chi connectivity index (χ0) is 15.3. The average molecular weight is 283 g/mol. The summed E-state index contributed by atoms with van der Waals surface area (Å²) in [5, 5.41) is 15.7. The highest BCUT2D eigenvalue weighted by Crippen LogP contribution is 2.14. The van der Waals surface area contributed by atoms with Crippen molar-refractivity contribution in [2.24, 2.45) is 0 Å². The van der Waals surface area contributed by atoms with Gasteiger partial charge in [0.15, 0.2) is 6.04 Å². The minimum atomic E-state index is -1.11. The first-order valence-electron chi connectivity index (χ1n) is 6.39. The molecule has 2 unspecified atom stereocenters. The second kappa shape index (κ2) is 7.04. The number of aliphatic carboxylic acids is 1. The molecule has 20 heavy (non-hydrogen) atoms. The van der Waals surface area contributed by atoms with E-state index in [4.69, 9.17) is 9.84 Å². The third-order valence-corrected chi connectivity index (χ3v) is 2.91. The normalized spacial score (nSPS) is 13.8. The zero-order valence-corrected chi connectivity index (χ0v) is 12.2. The molecule has 0 aliphatic carbocycles. The molecule has 7 heteroatoms. The Labute approximate surface area is 117 Å². The minimum absolute atomic E-state index is 0.0602. The van der Waals surface area contributed by atoms with Gasteiger partial charge in [-0.15, -0.1) is 0 Å². The van der Waals surface area contributed by atoms with E-state index >= 15 is 0 Å². The Bertz CT molecular complexity index is 484. The van der Waals surface area contributed by atoms with Gasteiger partial charge in [0.25, 0.3) is 0 Å². The Hall–Kier alpha value is -1.89. The van der Waals surface area contributed by atoms with E-state index in [2.05, 4.69) is 10.4 Å². The number of hydrogen-bond donors (Lipinski definition) is 2. The van der Waals surface area contributed by atoms with Crippen LogP contribution < -0.4 is 5.32 Å². The third-order valence-electron chi connectivity index (χ3n) is 2.91. The lowest BCUT2D eigenvalue weighted by Crippen LogP contribution is -2.44. The molecular formula is C13H21N3O4. The molecule has 1 rings (SSSR count). The van der Waals surface area contributed by atoms with Crippen molar-refractivity contribution in [1.29, 1.82) is 0 Å². The number of carbonyl (C=O) groups is 2. The Kier molecular flexibility index (Phi) is 5.69. The number of methoxy groups -OCH3 is 1. The molecule has 1 aromatic rings. The Balaban J connectivity index is 2.61. The van der Waals surface area contributed by atoms with E-state index in [1.807, 2.05) is 26.8 Å². The summed E-state index contributed by atoms with van der Waals surface area (Å²) in [5.74, 6) is -1.45. The van der Waals surface area contributed by atoms with Crippen molar-refractivity contribution in [1.82, 2.24) is 15.1 Å². The molecule has 112 valence electrons. The second-order valence-electron chi connectivity index (χ2n) is 4.84. The number of ether oxygens (including phenoxy) is 1. The van der Waals surface area contributed by atoms with Gasteiger partial charge in [-0.2, -0.15) is 5.10 Å². The number of rotatable bonds is 7. The van der Waals surface area contributed by atoms with Crippen molar-refractivity contribution in [3.63, 3.8) is 0 Å². The third kappa shape index (κ3) is 4.34. The first-order chi connectivity index (χ1) is 9.35. The van der Waals surface area contributed by atoms with E-state index in [1.54, 1.807) is 4.68 Å². The molecule has 0 fully saturated rings. The molecule has 0 aromatic carbocycles. The maximum absolute atomic E-state index is 11.9. The van der Waals surface area contributed by atoms with E-state index in [9.17, 15) is 9.59 Å². The van der Waals surface area contributed by atoms with Crippen LogP contribution in [0.1, 0.15) is 30.8 Å². The predicted octanol–water partition coefficient (Wildman–Crippen LogP) is 0.667. The summed E-state index contributed by atoms with van der Waals surface area (Å²) in [6.07, 6.45) is 0.162. The van der Waals surface area contributed by atoms with Crippen molar-refractivity contribution in [2.75, 3.05) is 13.7 Å². The fourth-order valence-electron chi connectivity index (χ4n) is 2.04. The molecule has 0 aliphatic heterocycles. The van der Waals surface area contributed by atoms with Gasteiger partial charge >= 0.3 is 5.97 Å². The van der Waals surface area contributed by atoms with Crippen molar-refractivity contribution in [2.45, 2.75) is 39.3 Å². The summed E-state index contributed by atoms with van der Waals surface area (Å²) in [7, 11) is 1.39. The molecule has 0 bridgehead atoms. The molecule has 0 saturated heterocycles. The lowest BCUT2D eigenvalue weighted by molar-refractivity contribution is -0.143. The SMILES string of the molecule is COCC(NC(=O)CC(C)n1nc(C)cc1C)C(=O)O. The largest absolute Gasteiger partial charge is 0.480 e. The summed E-state index contributed by atoms with van der Waals surface area (Å²) in [4.78, 5) is 22.8. The molecule has 1 heterocycles. The fourth-order valence-corrected chi connectivity index (χ4v) is 2.04. The summed E-state index contributed by atoms with van der Waals surface area (Å²) in [6, 6.07) is 0.764. The molecular weight excluding hydrogens is 262 g/mol. The minimum Gasteiger partial charge on any atom is -0.480 e. The number of aromatic nitrogens is 2. The number of nitrogens with one attached hydrogen (secondary N) is 1. The maximum Gasteiger partial charge on any atom is 0.328 e. The van der Waals surface area contributed by atoms with E-state index < -0.39 is 12.0 Å². The second-order valence-corrected chi connectivity index (χ2v) is 4.84. The van der Waals surface area contributed by atoms with Crippen molar-refractivity contribution in [3.8, 4) is 0 Å². The highest BCUT2D eigenvalue weighted by Gasteiger charge is 2.21. The fraction of sp³-hybridized carbons (Fsp3) is 0.615. The van der Waals surface area contributed by atoms with Gasteiger partial charge < -0.3 is 15.2 Å². The van der Waals surface area contributed by atoms with E-state index in [-0.39, 0.29) is 25.0 Å². The topological polar surface area (TPSA) is 93.5 Å². The van der Waals surface area contributed by atoms with Gasteiger partial charge in [0.05, 0.1) is 18.3 Å². The molecule has 0 radical (unpaired) electrons. The highest BCUT2D eigenvalue weighted by molar-refractivity contribution is 5.83. The number of carbonyl (C=O) groups excluding carboxylic acids is 1. The van der Waals surface area contributed by atoms with Gasteiger partial charge in [-0.1, -0.05) is 0 Å². The summed E-state index contributed by atoms with van der Waals surface area (Å²) in [6.45, 7) is 5.61. The predicted molar refractivity (Wildman–Crippen MR) is 72.5 cm³/mol. The lowest BCUT2D eigenvalue weighted by atomic mass is 10.2. The molecule has 2 N–H and O–H groups in total. The van der Waals surface area contributed by atoms with Crippen LogP contribution in [0, 0.1) is 13.8 Å². The molecule has 2 atom stereocenters. The van der Waals surface area contributed by atoms with Crippen LogP contribution in [0.2, 0.25) is 0 Å². The molecule has 0 aliphatic rings. The Morgan fingerprint density at radius 3 is 2.60 bits per heavy atom. The smallest absolute Gasteiger partial charge is 0.328 e. The quantitative estimate of drug-likeness (QED) is 0.767. The molecule has 0 saturated carbocycles. The maximum atomic E-state index is 11.9. The Morgan fingerprint density at radius 2 is 2.15 bits per heavy atom. The highest BCUT2D eigenvalue weighted by atomic mass is 16.5. The first-order valence-corrected chi connectivity index (χ1v) is 6.39. The average Bonchev–Trinajstić information content (AvgIpc) is 2.67. The van der Waals surface area contributed by atoms with Crippen LogP contribution in [-0.2, 0) is 14.3 Å². The summed E-state index contributed by atoms with van der Waals surface area (Å²) >= 11 is 0. The number of hydrogen-bond acceptors (Lipinski definition) is 4. The molecule has 0 spiro atoms. The van der Waals surface area contributed by atoms with Crippen LogP contribution in [0.3, 0.4) is 0 Å². The van der Waals surface area contributed by atoms with Gasteiger partial charge in [-0.05, 0) is 26.8 Å². The van der Waals surface area contributed by atoms with Gasteiger partial charge in [-0.25, -0.2) is 4.79 Å². The zero-order valence-electron chi connectivity index (χ0n) is 12.2. The number of carboxylic acid groups (broad SMARTS) is 1. The van der Waals surface area contributed by atoms with Crippen LogP contribution in [-0.4, -0.2) is 46.5 Å². The summed E-state index contributed by atoms with van der Waals surface area (Å²) < 4.78 is 6.53. The van der Waals surface area contributed by atoms with Crippen LogP contribution >= 0.6 is 0 Å². The van der Waals surface area contributed by atoms with Crippen LogP contribution in [0.5, 0.6) is 0 Å². The molecule has 1 amide bonds. The number of amides is 1. The number of carboxylic acids is 1.